The van der Waals surface area contributed by atoms with Crippen LogP contribution in [0.25, 0.3) is 0 Å². The van der Waals surface area contributed by atoms with Crippen LogP contribution in [0.1, 0.15) is 71.6 Å². The van der Waals surface area contributed by atoms with Crippen molar-refractivity contribution in [3.63, 3.8) is 0 Å². The average molecular weight is 393 g/mol. The lowest BCUT2D eigenvalue weighted by molar-refractivity contribution is -0.150. The number of β-amino-alcohol motifs (C(OH)–C–C–N with tert-alkyl or cyclic N) is 1. The van der Waals surface area contributed by atoms with Crippen LogP contribution in [0.2, 0.25) is 0 Å². The average Bonchev–Trinajstić information content (AvgIpc) is 3.23. The Morgan fingerprint density at radius 2 is 1.96 bits per heavy atom. The van der Waals surface area contributed by atoms with Gasteiger partial charge in [-0.15, -0.1) is 0 Å². The second-order valence-electron chi connectivity index (χ2n) is 10.6. The third-order valence-corrected chi connectivity index (χ3v) is 9.16. The van der Waals surface area contributed by atoms with Crippen molar-refractivity contribution in [3.05, 3.63) is 0 Å². The Labute approximate surface area is 168 Å². The van der Waals surface area contributed by atoms with Gasteiger partial charge in [-0.25, -0.2) is 4.39 Å². The van der Waals surface area contributed by atoms with Gasteiger partial charge in [-0.3, -0.25) is 4.79 Å². The first kappa shape index (κ1) is 20.5. The number of ketones is 1. The molecule has 0 aromatic rings. The number of aliphatic hydroxyl groups excluding tert-OH is 1. The number of alkyl halides is 1. The zero-order chi connectivity index (χ0) is 20.1. The molecule has 5 rings (SSSR count). The molecule has 1 heterocycles. The van der Waals surface area contributed by atoms with E-state index in [1.165, 1.54) is 0 Å². The molecule has 6 unspecified atom stereocenters. The van der Waals surface area contributed by atoms with E-state index in [9.17, 15) is 4.79 Å². The van der Waals surface area contributed by atoms with Gasteiger partial charge in [0.25, 0.3) is 0 Å². The van der Waals surface area contributed by atoms with Gasteiger partial charge >= 0.3 is 0 Å². The van der Waals surface area contributed by atoms with Crippen LogP contribution in [0.5, 0.6) is 0 Å². The lowest BCUT2D eigenvalue weighted by Crippen LogP contribution is -2.57. The van der Waals surface area contributed by atoms with E-state index in [2.05, 4.69) is 12.2 Å². The third kappa shape index (κ3) is 3.27. The van der Waals surface area contributed by atoms with Crippen LogP contribution in [-0.2, 0) is 4.79 Å². The molecule has 5 fully saturated rings. The van der Waals surface area contributed by atoms with Crippen molar-refractivity contribution in [3.8, 4) is 0 Å². The van der Waals surface area contributed by atoms with E-state index in [0.717, 1.165) is 63.7 Å². The fourth-order valence-corrected chi connectivity index (χ4v) is 7.54. The highest BCUT2D eigenvalue weighted by Gasteiger charge is 2.63. The van der Waals surface area contributed by atoms with E-state index in [0.29, 0.717) is 36.4 Å². The number of rotatable bonds is 0. The summed E-state index contributed by atoms with van der Waals surface area (Å²) in [6.07, 6.45) is 7.07. The minimum absolute atomic E-state index is 0.0554. The van der Waals surface area contributed by atoms with Crippen LogP contribution in [-0.4, -0.2) is 42.0 Å². The molecule has 1 aliphatic heterocycles. The lowest BCUT2D eigenvalue weighted by atomic mass is 9.44. The predicted octanol–water partition coefficient (Wildman–Crippen LogP) is 3.91. The summed E-state index contributed by atoms with van der Waals surface area (Å²) >= 11 is 0. The van der Waals surface area contributed by atoms with Gasteiger partial charge in [0.05, 0.1) is 6.10 Å². The third-order valence-electron chi connectivity index (χ3n) is 9.16. The number of aliphatic hydroxyl groups is 1. The molecule has 28 heavy (non-hydrogen) atoms. The van der Waals surface area contributed by atoms with Crippen molar-refractivity contribution < 1.29 is 14.3 Å². The molecule has 3 N–H and O–H groups in total. The molecule has 5 aliphatic rings. The van der Waals surface area contributed by atoms with Crippen molar-refractivity contribution in [2.75, 3.05) is 13.1 Å². The van der Waals surface area contributed by atoms with Crippen LogP contribution in [0.15, 0.2) is 0 Å². The number of nitrogens with one attached hydrogen (secondary N) is 2. The van der Waals surface area contributed by atoms with E-state index >= 15 is 4.39 Å². The predicted molar refractivity (Wildman–Crippen MR) is 108 cm³/mol. The molecular weight excluding hydrogens is 355 g/mol. The van der Waals surface area contributed by atoms with Gasteiger partial charge in [0.15, 0.2) is 0 Å². The minimum Gasteiger partial charge on any atom is -0.392 e. The summed E-state index contributed by atoms with van der Waals surface area (Å²) in [5.74, 6) is 1.75. The highest BCUT2D eigenvalue weighted by molar-refractivity contribution is 5.87. The van der Waals surface area contributed by atoms with Gasteiger partial charge in [-0.1, -0.05) is 13.8 Å². The molecule has 5 heteroatoms. The fraction of sp³-hybridized carbons (Fsp3) is 0.913. The van der Waals surface area contributed by atoms with Crippen molar-refractivity contribution in [1.29, 1.82) is 5.41 Å². The molecule has 4 saturated carbocycles. The number of halogens is 1. The fourth-order valence-electron chi connectivity index (χ4n) is 7.54. The van der Waals surface area contributed by atoms with Gasteiger partial charge in [-0.2, -0.15) is 0 Å². The number of Topliss-reactive ketones (excluding diaryl/α,β-unsaturated/α-hetero) is 1. The molecule has 0 aromatic heterocycles. The molecule has 8 atom stereocenters. The molecule has 0 bridgehead atoms. The molecule has 0 radical (unpaired) electrons. The van der Waals surface area contributed by atoms with Gasteiger partial charge in [-0.05, 0) is 87.0 Å². The van der Waals surface area contributed by atoms with Gasteiger partial charge in [0.1, 0.15) is 12.0 Å². The molecular formula is C23H37FN2O2. The van der Waals surface area contributed by atoms with Crippen LogP contribution in [0, 0.1) is 39.9 Å². The summed E-state index contributed by atoms with van der Waals surface area (Å²) in [7, 11) is 0. The Balaban J connectivity index is 0.000000275. The SMILES string of the molecule is C[C@]12CCC(=N)CC1CCC1C2C(F)C[C@]2(C)C(=O)CCC12.OC1CCNC1. The Hall–Kier alpha value is -0.810. The van der Waals surface area contributed by atoms with Gasteiger partial charge in [0, 0.05) is 24.1 Å². The maximum Gasteiger partial charge on any atom is 0.139 e. The molecule has 158 valence electrons. The van der Waals surface area contributed by atoms with E-state index < -0.39 is 6.17 Å². The van der Waals surface area contributed by atoms with Crippen molar-refractivity contribution >= 4 is 11.5 Å². The number of hydrogen-bond acceptors (Lipinski definition) is 4. The molecule has 4 nitrogen and oxygen atoms in total. The number of fused-ring (bicyclic) bond motifs is 5. The summed E-state index contributed by atoms with van der Waals surface area (Å²) in [4.78, 5) is 12.4. The van der Waals surface area contributed by atoms with Crippen LogP contribution in [0.4, 0.5) is 4.39 Å². The summed E-state index contributed by atoms with van der Waals surface area (Å²) < 4.78 is 15.3. The first-order chi connectivity index (χ1) is 13.3. The van der Waals surface area contributed by atoms with Crippen LogP contribution < -0.4 is 5.32 Å². The number of carbonyl (C=O) groups excluding carboxylic acids is 1. The first-order valence-electron chi connectivity index (χ1n) is 11.4. The Morgan fingerprint density at radius 3 is 2.61 bits per heavy atom. The van der Waals surface area contributed by atoms with Crippen LogP contribution in [0.3, 0.4) is 0 Å². The maximum absolute atomic E-state index is 15.3. The lowest BCUT2D eigenvalue weighted by Gasteiger charge is -2.60. The maximum atomic E-state index is 15.3. The Kier molecular flexibility index (Phi) is 5.45. The topological polar surface area (TPSA) is 73.2 Å². The quantitative estimate of drug-likeness (QED) is 0.585. The molecule has 0 amide bonds. The van der Waals surface area contributed by atoms with Crippen LogP contribution >= 0.6 is 0 Å². The molecule has 0 aromatic carbocycles. The minimum atomic E-state index is -0.826. The van der Waals surface area contributed by atoms with Gasteiger partial charge < -0.3 is 15.8 Å². The zero-order valence-electron chi connectivity index (χ0n) is 17.5. The normalized spacial score (nSPS) is 50.3. The highest BCUT2D eigenvalue weighted by Crippen LogP contribution is 2.65. The largest absolute Gasteiger partial charge is 0.392 e. The van der Waals surface area contributed by atoms with Crippen molar-refractivity contribution in [2.24, 2.45) is 34.5 Å². The summed E-state index contributed by atoms with van der Waals surface area (Å²) in [6, 6.07) is 0. The molecule has 4 aliphatic carbocycles. The van der Waals surface area contributed by atoms with E-state index in [1.807, 2.05) is 6.92 Å². The smallest absolute Gasteiger partial charge is 0.139 e. The molecule has 1 saturated heterocycles. The van der Waals surface area contributed by atoms with E-state index in [4.69, 9.17) is 10.5 Å². The van der Waals surface area contributed by atoms with E-state index in [1.54, 1.807) is 0 Å². The Morgan fingerprint density at radius 1 is 1.18 bits per heavy atom. The van der Waals surface area contributed by atoms with E-state index in [-0.39, 0.29) is 22.9 Å². The summed E-state index contributed by atoms with van der Waals surface area (Å²) in [5, 5.41) is 19.7. The standard InChI is InChI=1S/C19H28FNO.C4H9NO/c1-18-8-7-12(21)9-11(18)3-4-13-14-5-6-16(22)19(14,2)10-15(20)17(13)18;6-4-1-2-5-3-4/h11,13-15,17,21H,3-10H2,1-2H3;4-6H,1-3H2/t11?,13?,14?,15?,17?,18-,19-;/m0./s1. The summed E-state index contributed by atoms with van der Waals surface area (Å²) in [5.41, 5.74) is 0.540. The van der Waals surface area contributed by atoms with Crippen molar-refractivity contribution in [2.45, 2.75) is 83.9 Å². The monoisotopic (exact) mass is 392 g/mol. The van der Waals surface area contributed by atoms with Crippen molar-refractivity contribution in [1.82, 2.24) is 5.32 Å². The number of hydrogen-bond donors (Lipinski definition) is 3. The summed E-state index contributed by atoms with van der Waals surface area (Å²) in [6.45, 7) is 6.12. The molecule has 0 spiro atoms. The second-order valence-corrected chi connectivity index (χ2v) is 10.6. The van der Waals surface area contributed by atoms with Gasteiger partial charge in [0.2, 0.25) is 0 Å². The zero-order valence-corrected chi connectivity index (χ0v) is 17.5. The first-order valence-corrected chi connectivity index (χ1v) is 11.4. The Bertz CT molecular complexity index is 634. The second kappa shape index (κ2) is 7.46. The number of carbonyl (C=O) groups is 1. The highest BCUT2D eigenvalue weighted by atomic mass is 19.1.